The number of carbonyl (C=O) groups is 2. The Morgan fingerprint density at radius 1 is 1.24 bits per heavy atom. The van der Waals surface area contributed by atoms with E-state index in [1.807, 2.05) is 49.4 Å². The van der Waals surface area contributed by atoms with Gasteiger partial charge in [-0.1, -0.05) is 49.9 Å². The topological polar surface area (TPSA) is 87.8 Å². The summed E-state index contributed by atoms with van der Waals surface area (Å²) in [6, 6.07) is 13.2. The van der Waals surface area contributed by atoms with Gasteiger partial charge in [0.15, 0.2) is 5.17 Å². The van der Waals surface area contributed by atoms with Crippen molar-refractivity contribution in [3.8, 4) is 0 Å². The molecule has 1 saturated heterocycles. The molecule has 6 nitrogen and oxygen atoms in total. The molecule has 0 saturated carbocycles. The number of aryl methyl sites for hydroxylation is 1. The molecule has 1 aliphatic heterocycles. The third-order valence-electron chi connectivity index (χ3n) is 4.68. The van der Waals surface area contributed by atoms with Gasteiger partial charge in [-0.2, -0.15) is 4.99 Å². The first kappa shape index (κ1) is 20.9. The van der Waals surface area contributed by atoms with Crippen LogP contribution < -0.4 is 16.0 Å². The van der Waals surface area contributed by atoms with E-state index in [9.17, 15) is 9.59 Å². The number of rotatable bonds is 5. The van der Waals surface area contributed by atoms with Gasteiger partial charge >= 0.3 is 6.03 Å². The molecule has 0 spiro atoms. The fraction of sp³-hybridized carbons (Fsp3) is 0.318. The van der Waals surface area contributed by atoms with Gasteiger partial charge in [-0.05, 0) is 54.2 Å². The molecular formula is C22H26N4O2S. The van der Waals surface area contributed by atoms with E-state index in [-0.39, 0.29) is 17.6 Å². The van der Waals surface area contributed by atoms with Crippen molar-refractivity contribution >= 4 is 40.2 Å². The molecule has 1 aliphatic rings. The van der Waals surface area contributed by atoms with Gasteiger partial charge in [-0.15, -0.1) is 0 Å². The van der Waals surface area contributed by atoms with Gasteiger partial charge < -0.3 is 11.1 Å². The average molecular weight is 411 g/mol. The Bertz CT molecular complexity index is 938. The highest BCUT2D eigenvalue weighted by Crippen LogP contribution is 2.34. The van der Waals surface area contributed by atoms with Crippen LogP contribution in [-0.2, 0) is 11.2 Å². The Kier molecular flexibility index (Phi) is 6.59. The molecule has 0 unspecified atom stereocenters. The summed E-state index contributed by atoms with van der Waals surface area (Å²) in [5.74, 6) is 0.471. The lowest BCUT2D eigenvalue weighted by atomic mass is 9.99. The third-order valence-corrected chi connectivity index (χ3v) is 5.60. The molecule has 0 bridgehead atoms. The van der Waals surface area contributed by atoms with Crippen LogP contribution in [0.4, 0.5) is 16.2 Å². The van der Waals surface area contributed by atoms with Gasteiger partial charge in [0.05, 0.1) is 11.4 Å². The zero-order chi connectivity index (χ0) is 21.0. The lowest BCUT2D eigenvalue weighted by molar-refractivity contribution is -0.115. The highest BCUT2D eigenvalue weighted by molar-refractivity contribution is 8.15. The van der Waals surface area contributed by atoms with Crippen LogP contribution in [0.25, 0.3) is 0 Å². The van der Waals surface area contributed by atoms with E-state index >= 15 is 0 Å². The monoisotopic (exact) mass is 410 g/mol. The summed E-state index contributed by atoms with van der Waals surface area (Å²) >= 11 is 1.29. The summed E-state index contributed by atoms with van der Waals surface area (Å²) in [6.45, 7) is 6.62. The Morgan fingerprint density at radius 3 is 2.66 bits per heavy atom. The van der Waals surface area contributed by atoms with Crippen molar-refractivity contribution in [3.63, 3.8) is 0 Å². The van der Waals surface area contributed by atoms with Gasteiger partial charge in [-0.3, -0.25) is 9.69 Å². The predicted octanol–water partition coefficient (Wildman–Crippen LogP) is 4.09. The van der Waals surface area contributed by atoms with Crippen LogP contribution in [0.1, 0.15) is 36.5 Å². The molecule has 3 amide bonds. The lowest BCUT2D eigenvalue weighted by Gasteiger charge is -2.22. The first-order valence-corrected chi connectivity index (χ1v) is 10.6. The smallest absolute Gasteiger partial charge is 0.343 e. The van der Waals surface area contributed by atoms with Crippen molar-refractivity contribution in [1.29, 1.82) is 0 Å². The average Bonchev–Trinajstić information content (AvgIpc) is 3.03. The van der Waals surface area contributed by atoms with E-state index < -0.39 is 6.03 Å². The maximum Gasteiger partial charge on any atom is 0.343 e. The SMILES string of the molecule is Cc1ccc(C(C)C)c(N2C(=O)CSC2=NC(=O)NCCc2ccc(N)cc2)c1. The van der Waals surface area contributed by atoms with E-state index in [0.717, 1.165) is 22.4 Å². The van der Waals surface area contributed by atoms with Crippen LogP contribution in [0.5, 0.6) is 0 Å². The summed E-state index contributed by atoms with van der Waals surface area (Å²) in [5, 5.41) is 3.22. The Morgan fingerprint density at radius 2 is 1.97 bits per heavy atom. The Labute approximate surface area is 175 Å². The third kappa shape index (κ3) is 5.17. The van der Waals surface area contributed by atoms with E-state index in [4.69, 9.17) is 5.73 Å². The minimum atomic E-state index is -0.443. The Balaban J connectivity index is 1.72. The predicted molar refractivity (Wildman–Crippen MR) is 121 cm³/mol. The van der Waals surface area contributed by atoms with Gasteiger partial charge in [0.1, 0.15) is 0 Å². The fourth-order valence-electron chi connectivity index (χ4n) is 3.14. The first-order chi connectivity index (χ1) is 13.8. The van der Waals surface area contributed by atoms with Crippen LogP contribution in [0.3, 0.4) is 0 Å². The summed E-state index contributed by atoms with van der Waals surface area (Å²) in [4.78, 5) is 30.7. The van der Waals surface area contributed by atoms with E-state index in [1.165, 1.54) is 11.8 Å². The van der Waals surface area contributed by atoms with Crippen LogP contribution >= 0.6 is 11.8 Å². The van der Waals surface area contributed by atoms with Crippen molar-refractivity contribution in [1.82, 2.24) is 5.32 Å². The number of hydrogen-bond acceptors (Lipinski definition) is 4. The zero-order valence-corrected chi connectivity index (χ0v) is 17.8. The lowest BCUT2D eigenvalue weighted by Crippen LogP contribution is -2.32. The van der Waals surface area contributed by atoms with Gasteiger partial charge in [0.25, 0.3) is 0 Å². The summed E-state index contributed by atoms with van der Waals surface area (Å²) < 4.78 is 0. The second kappa shape index (κ2) is 9.13. The quantitative estimate of drug-likeness (QED) is 0.727. The second-order valence-electron chi connectivity index (χ2n) is 7.35. The number of nitrogens with one attached hydrogen (secondary N) is 1. The molecule has 0 aromatic heterocycles. The van der Waals surface area contributed by atoms with Crippen molar-refractivity contribution in [2.24, 2.45) is 4.99 Å². The summed E-state index contributed by atoms with van der Waals surface area (Å²) in [6.07, 6.45) is 0.683. The number of aliphatic imine (C=N–C) groups is 1. The van der Waals surface area contributed by atoms with Crippen molar-refractivity contribution in [3.05, 3.63) is 59.2 Å². The minimum Gasteiger partial charge on any atom is -0.399 e. The first-order valence-electron chi connectivity index (χ1n) is 9.62. The molecule has 29 heavy (non-hydrogen) atoms. The maximum atomic E-state index is 12.6. The number of carbonyl (C=O) groups excluding carboxylic acids is 2. The van der Waals surface area contributed by atoms with Crippen LogP contribution in [0, 0.1) is 6.92 Å². The normalized spacial score (nSPS) is 15.4. The number of urea groups is 1. The molecule has 2 aromatic rings. The van der Waals surface area contributed by atoms with Gasteiger partial charge in [0.2, 0.25) is 5.91 Å². The molecule has 0 radical (unpaired) electrons. The molecular weight excluding hydrogens is 384 g/mol. The van der Waals surface area contributed by atoms with Gasteiger partial charge in [0, 0.05) is 12.2 Å². The number of amides is 3. The Hall–Kier alpha value is -2.80. The van der Waals surface area contributed by atoms with Gasteiger partial charge in [-0.25, -0.2) is 4.79 Å². The number of amidine groups is 1. The molecule has 2 aromatic carbocycles. The number of nitrogens with zero attached hydrogens (tertiary/aromatic N) is 2. The van der Waals surface area contributed by atoms with Crippen LogP contribution in [-0.4, -0.2) is 29.4 Å². The highest BCUT2D eigenvalue weighted by Gasteiger charge is 2.32. The van der Waals surface area contributed by atoms with Crippen molar-refractivity contribution in [2.75, 3.05) is 22.9 Å². The van der Waals surface area contributed by atoms with Crippen molar-refractivity contribution < 1.29 is 9.59 Å². The number of nitrogen functional groups attached to an aromatic ring is 1. The largest absolute Gasteiger partial charge is 0.399 e. The van der Waals surface area contributed by atoms with E-state index in [0.29, 0.717) is 23.8 Å². The number of benzene rings is 2. The summed E-state index contributed by atoms with van der Waals surface area (Å²) in [5.41, 5.74) is 10.4. The molecule has 0 atom stereocenters. The van der Waals surface area contributed by atoms with Crippen molar-refractivity contribution in [2.45, 2.75) is 33.1 Å². The molecule has 152 valence electrons. The van der Waals surface area contributed by atoms with Crippen LogP contribution in [0.15, 0.2) is 47.5 Å². The van der Waals surface area contributed by atoms with E-state index in [2.05, 4.69) is 24.2 Å². The second-order valence-corrected chi connectivity index (χ2v) is 8.30. The highest BCUT2D eigenvalue weighted by atomic mass is 32.2. The zero-order valence-electron chi connectivity index (χ0n) is 16.9. The number of anilines is 2. The van der Waals surface area contributed by atoms with E-state index in [1.54, 1.807) is 4.90 Å². The minimum absolute atomic E-state index is 0.0593. The van der Waals surface area contributed by atoms with Crippen LogP contribution in [0.2, 0.25) is 0 Å². The molecule has 3 rings (SSSR count). The molecule has 1 heterocycles. The number of thioether (sulfide) groups is 1. The molecule has 0 aliphatic carbocycles. The fourth-order valence-corrected chi connectivity index (χ4v) is 4.00. The molecule has 7 heteroatoms. The molecule has 1 fully saturated rings. The maximum absolute atomic E-state index is 12.6. The number of nitrogens with two attached hydrogens (primary N) is 1. The molecule has 3 N–H and O–H groups in total. The number of hydrogen-bond donors (Lipinski definition) is 2. The summed E-state index contributed by atoms with van der Waals surface area (Å²) in [7, 11) is 0. The standard InChI is InChI=1S/C22H26N4O2S/c1-14(2)18-9-4-15(3)12-19(18)26-20(27)13-29-22(26)25-21(28)24-11-10-16-5-7-17(23)8-6-16/h4-9,12,14H,10-11,13,23H2,1-3H3,(H,24,28).